The maximum absolute atomic E-state index is 12.7. The number of hydrogen-bond donors (Lipinski definition) is 2. The second-order valence-electron chi connectivity index (χ2n) is 9.59. The Hall–Kier alpha value is -4.11. The molecule has 3 aromatic carbocycles. The molecule has 0 bridgehead atoms. The van der Waals surface area contributed by atoms with Crippen LogP contribution in [0.5, 0.6) is 5.75 Å². The van der Waals surface area contributed by atoms with Crippen LogP contribution in [0.25, 0.3) is 11.3 Å². The number of ether oxygens (including phenoxy) is 1. The van der Waals surface area contributed by atoms with Crippen molar-refractivity contribution < 1.29 is 13.7 Å². The summed E-state index contributed by atoms with van der Waals surface area (Å²) >= 11 is 0. The SMILES string of the molecule is CS(=N)(=O)c1ccc(COc2ccc(-c3cn(C(=O)NCC4CCN(c5ccccc5)C4)cn3)cc2)cc1. The summed E-state index contributed by atoms with van der Waals surface area (Å²) in [6.07, 6.45) is 5.73. The topological polar surface area (TPSA) is 100 Å². The first kappa shape index (κ1) is 25.5. The highest BCUT2D eigenvalue weighted by Gasteiger charge is 2.23. The van der Waals surface area contributed by atoms with Crippen LogP contribution in [0.3, 0.4) is 0 Å². The Morgan fingerprint density at radius 3 is 2.53 bits per heavy atom. The fourth-order valence-electron chi connectivity index (χ4n) is 4.51. The molecule has 1 fully saturated rings. The highest BCUT2D eigenvalue weighted by molar-refractivity contribution is 7.91. The van der Waals surface area contributed by atoms with E-state index < -0.39 is 9.73 Å². The van der Waals surface area contributed by atoms with Gasteiger partial charge in [-0.15, -0.1) is 0 Å². The van der Waals surface area contributed by atoms with Gasteiger partial charge in [0.1, 0.15) is 18.7 Å². The van der Waals surface area contributed by atoms with Crippen molar-refractivity contribution in [2.24, 2.45) is 5.92 Å². The third-order valence-electron chi connectivity index (χ3n) is 6.69. The van der Waals surface area contributed by atoms with Crippen molar-refractivity contribution in [3.05, 3.63) is 97.0 Å². The number of aromatic nitrogens is 2. The Balaban J connectivity index is 1.11. The zero-order valence-electron chi connectivity index (χ0n) is 21.2. The van der Waals surface area contributed by atoms with E-state index in [2.05, 4.69) is 39.5 Å². The lowest BCUT2D eigenvalue weighted by molar-refractivity contribution is 0.240. The van der Waals surface area contributed by atoms with Crippen molar-refractivity contribution >= 4 is 21.4 Å². The fourth-order valence-corrected chi connectivity index (χ4v) is 5.17. The first-order valence-corrected chi connectivity index (χ1v) is 14.5. The molecule has 1 aliphatic rings. The van der Waals surface area contributed by atoms with E-state index in [9.17, 15) is 9.00 Å². The first-order valence-electron chi connectivity index (χ1n) is 12.5. The molecule has 1 aromatic heterocycles. The number of benzene rings is 3. The fraction of sp³-hybridized carbons (Fsp3) is 0.241. The number of nitrogens with zero attached hydrogens (tertiary/aromatic N) is 3. The lowest BCUT2D eigenvalue weighted by Crippen LogP contribution is -2.33. The Kier molecular flexibility index (Phi) is 7.46. The third kappa shape index (κ3) is 6.23. The molecule has 1 amide bonds. The minimum atomic E-state index is -2.72. The zero-order chi connectivity index (χ0) is 26.5. The van der Waals surface area contributed by atoms with Crippen LogP contribution in [-0.2, 0) is 16.3 Å². The number of imidazole rings is 1. The third-order valence-corrected chi connectivity index (χ3v) is 7.87. The molecule has 2 unspecified atom stereocenters. The average Bonchev–Trinajstić information content (AvgIpc) is 3.62. The predicted octanol–water partition coefficient (Wildman–Crippen LogP) is 5.25. The molecule has 0 radical (unpaired) electrons. The number of amides is 1. The van der Waals surface area contributed by atoms with Crippen LogP contribution in [0.2, 0.25) is 0 Å². The summed E-state index contributed by atoms with van der Waals surface area (Å²) in [6, 6.07) is 24.8. The van der Waals surface area contributed by atoms with Gasteiger partial charge in [0.05, 0.1) is 15.4 Å². The molecule has 38 heavy (non-hydrogen) atoms. The summed E-state index contributed by atoms with van der Waals surface area (Å²) in [6.45, 7) is 2.93. The summed E-state index contributed by atoms with van der Waals surface area (Å²) in [5.41, 5.74) is 3.74. The molecule has 2 N–H and O–H groups in total. The van der Waals surface area contributed by atoms with E-state index in [1.54, 1.807) is 18.3 Å². The normalized spacial score (nSPS) is 16.7. The largest absolute Gasteiger partial charge is 0.489 e. The van der Waals surface area contributed by atoms with E-state index in [0.717, 1.165) is 30.6 Å². The Bertz CT molecular complexity index is 1480. The molecule has 0 spiro atoms. The zero-order valence-corrected chi connectivity index (χ0v) is 22.1. The van der Waals surface area contributed by atoms with Crippen molar-refractivity contribution in [3.8, 4) is 17.0 Å². The van der Waals surface area contributed by atoms with Crippen molar-refractivity contribution in [2.45, 2.75) is 17.9 Å². The Morgan fingerprint density at radius 1 is 1.08 bits per heavy atom. The maximum atomic E-state index is 12.7. The van der Waals surface area contributed by atoms with Gasteiger partial charge in [0.15, 0.2) is 0 Å². The summed E-state index contributed by atoms with van der Waals surface area (Å²) in [4.78, 5) is 20.0. The second kappa shape index (κ2) is 11.1. The van der Waals surface area contributed by atoms with Crippen molar-refractivity contribution in [3.63, 3.8) is 0 Å². The molecule has 1 saturated heterocycles. The lowest BCUT2D eigenvalue weighted by atomic mass is 10.1. The molecule has 2 atom stereocenters. The number of carbonyl (C=O) groups excluding carboxylic acids is 1. The number of hydrogen-bond acceptors (Lipinski definition) is 6. The van der Waals surface area contributed by atoms with Crippen LogP contribution in [0.4, 0.5) is 10.5 Å². The van der Waals surface area contributed by atoms with Crippen LogP contribution < -0.4 is 15.0 Å². The van der Waals surface area contributed by atoms with Gasteiger partial charge in [-0.05, 0) is 66.4 Å². The smallest absolute Gasteiger partial charge is 0.326 e. The van der Waals surface area contributed by atoms with Crippen LogP contribution in [0.15, 0.2) is 96.3 Å². The van der Waals surface area contributed by atoms with Gasteiger partial charge in [-0.3, -0.25) is 4.57 Å². The molecule has 1 aliphatic heterocycles. The molecule has 196 valence electrons. The Morgan fingerprint density at radius 2 is 1.82 bits per heavy atom. The summed E-state index contributed by atoms with van der Waals surface area (Å²) in [7, 11) is -2.72. The molecular weight excluding hydrogens is 498 g/mol. The monoisotopic (exact) mass is 529 g/mol. The van der Waals surface area contributed by atoms with E-state index in [4.69, 9.17) is 9.52 Å². The van der Waals surface area contributed by atoms with E-state index >= 15 is 0 Å². The van der Waals surface area contributed by atoms with Crippen molar-refractivity contribution in [2.75, 3.05) is 30.8 Å². The van der Waals surface area contributed by atoms with Gasteiger partial charge in [-0.1, -0.05) is 30.3 Å². The van der Waals surface area contributed by atoms with Gasteiger partial charge in [0.2, 0.25) is 0 Å². The molecule has 9 heteroatoms. The number of anilines is 1. The molecule has 2 heterocycles. The van der Waals surface area contributed by atoms with E-state index in [1.165, 1.54) is 22.8 Å². The summed E-state index contributed by atoms with van der Waals surface area (Å²) < 4.78 is 26.8. The van der Waals surface area contributed by atoms with Gasteiger partial charge in [0, 0.05) is 48.2 Å². The Labute approximate surface area is 223 Å². The molecular formula is C29H31N5O3S. The van der Waals surface area contributed by atoms with E-state index in [0.29, 0.717) is 35.4 Å². The van der Waals surface area contributed by atoms with Gasteiger partial charge in [-0.2, -0.15) is 0 Å². The minimum Gasteiger partial charge on any atom is -0.489 e. The van der Waals surface area contributed by atoms with Crippen LogP contribution >= 0.6 is 0 Å². The lowest BCUT2D eigenvalue weighted by Gasteiger charge is -2.18. The molecule has 8 nitrogen and oxygen atoms in total. The number of rotatable bonds is 8. The van der Waals surface area contributed by atoms with Crippen LogP contribution in [0.1, 0.15) is 12.0 Å². The second-order valence-corrected chi connectivity index (χ2v) is 11.7. The summed E-state index contributed by atoms with van der Waals surface area (Å²) in [5.74, 6) is 1.12. The van der Waals surface area contributed by atoms with Crippen LogP contribution in [0, 0.1) is 10.7 Å². The molecule has 4 aromatic rings. The maximum Gasteiger partial charge on any atom is 0.326 e. The predicted molar refractivity (Wildman–Crippen MR) is 149 cm³/mol. The molecule has 0 aliphatic carbocycles. The summed E-state index contributed by atoms with van der Waals surface area (Å²) in [5, 5.41) is 3.04. The molecule has 0 saturated carbocycles. The number of para-hydroxylation sites is 1. The van der Waals surface area contributed by atoms with Gasteiger partial charge in [0.25, 0.3) is 0 Å². The van der Waals surface area contributed by atoms with E-state index in [-0.39, 0.29) is 6.03 Å². The first-order chi connectivity index (χ1) is 18.3. The van der Waals surface area contributed by atoms with Crippen molar-refractivity contribution in [1.29, 1.82) is 4.78 Å². The molecule has 5 rings (SSSR count). The quantitative estimate of drug-likeness (QED) is 0.325. The van der Waals surface area contributed by atoms with Gasteiger partial charge >= 0.3 is 6.03 Å². The standard InChI is InChI=1S/C29H31N5O3S/c1-38(30,36)27-13-7-22(8-14-27)20-37-26-11-9-24(10-12-26)28-19-34(21-32-28)29(35)31-17-23-15-16-33(18-23)25-5-3-2-4-6-25/h2-14,19,21,23,30H,15-18,20H2,1H3,(H,31,35). The minimum absolute atomic E-state index is 0.183. The van der Waals surface area contributed by atoms with Gasteiger partial charge in [-0.25, -0.2) is 18.8 Å². The number of carbonyl (C=O) groups is 1. The van der Waals surface area contributed by atoms with Crippen molar-refractivity contribution in [1.82, 2.24) is 14.9 Å². The highest BCUT2D eigenvalue weighted by Crippen LogP contribution is 2.24. The average molecular weight is 530 g/mol. The number of nitrogens with one attached hydrogen (secondary N) is 2. The van der Waals surface area contributed by atoms with E-state index in [1.807, 2.05) is 42.5 Å². The highest BCUT2D eigenvalue weighted by atomic mass is 32.2. The van der Waals surface area contributed by atoms with Crippen LogP contribution in [-0.4, -0.2) is 45.7 Å². The van der Waals surface area contributed by atoms with Gasteiger partial charge < -0.3 is 15.0 Å².